The molecule has 0 aliphatic carbocycles. The lowest BCUT2D eigenvalue weighted by Gasteiger charge is -2.11. The van der Waals surface area contributed by atoms with Gasteiger partial charge in [-0.1, -0.05) is 48.5 Å². The van der Waals surface area contributed by atoms with E-state index in [0.29, 0.717) is 12.4 Å². The number of nitro groups is 1. The summed E-state index contributed by atoms with van der Waals surface area (Å²) in [5, 5.41) is 16.2. The molecule has 7 heteroatoms. The molecule has 7 nitrogen and oxygen atoms in total. The van der Waals surface area contributed by atoms with E-state index in [-0.39, 0.29) is 10.6 Å². The second kappa shape index (κ2) is 7.93. The van der Waals surface area contributed by atoms with E-state index in [4.69, 9.17) is 5.10 Å². The van der Waals surface area contributed by atoms with Gasteiger partial charge in [0.1, 0.15) is 6.54 Å². The molecule has 0 fully saturated rings. The SMILES string of the molecule is CN(Cc1cn(-c2ccccc2)nc1-c1ccccc1)c1[nH+]cccc1[N+](=O)[O-]. The summed E-state index contributed by atoms with van der Waals surface area (Å²) in [6.07, 6.45) is 3.66. The number of rotatable bonds is 6. The monoisotopic (exact) mass is 386 g/mol. The van der Waals surface area contributed by atoms with Gasteiger partial charge in [0.25, 0.3) is 0 Å². The van der Waals surface area contributed by atoms with Crippen molar-refractivity contribution in [3.05, 3.63) is 101 Å². The Balaban J connectivity index is 1.75. The van der Waals surface area contributed by atoms with Gasteiger partial charge in [0.05, 0.1) is 29.5 Å². The molecule has 0 spiro atoms. The molecule has 144 valence electrons. The van der Waals surface area contributed by atoms with Crippen molar-refractivity contribution in [2.45, 2.75) is 6.54 Å². The molecule has 4 aromatic rings. The molecule has 0 bridgehead atoms. The molecule has 2 aromatic carbocycles. The lowest BCUT2D eigenvalue weighted by atomic mass is 10.1. The Kier molecular flexibility index (Phi) is 5.03. The number of aromatic amines is 1. The van der Waals surface area contributed by atoms with Gasteiger partial charge < -0.3 is 0 Å². The second-order valence-electron chi connectivity index (χ2n) is 6.67. The van der Waals surface area contributed by atoms with E-state index in [0.717, 1.165) is 22.5 Å². The van der Waals surface area contributed by atoms with Gasteiger partial charge in [-0.2, -0.15) is 5.10 Å². The minimum atomic E-state index is -0.381. The number of hydrogen-bond donors (Lipinski definition) is 0. The molecule has 4 rings (SSSR count). The van der Waals surface area contributed by atoms with Crippen molar-refractivity contribution in [2.75, 3.05) is 11.9 Å². The smallest absolute Gasteiger partial charge is 0.258 e. The van der Waals surface area contributed by atoms with Crippen LogP contribution in [0.25, 0.3) is 16.9 Å². The molecule has 2 aromatic heterocycles. The maximum absolute atomic E-state index is 11.4. The van der Waals surface area contributed by atoms with Crippen molar-refractivity contribution < 1.29 is 9.91 Å². The first-order valence-corrected chi connectivity index (χ1v) is 9.19. The Hall–Kier alpha value is -4.00. The summed E-state index contributed by atoms with van der Waals surface area (Å²) in [6, 6.07) is 22.9. The zero-order chi connectivity index (χ0) is 20.2. The highest BCUT2D eigenvalue weighted by Crippen LogP contribution is 2.27. The summed E-state index contributed by atoms with van der Waals surface area (Å²) >= 11 is 0. The molecule has 2 heterocycles. The van der Waals surface area contributed by atoms with Crippen LogP contribution in [0.4, 0.5) is 11.5 Å². The van der Waals surface area contributed by atoms with Gasteiger partial charge >= 0.3 is 11.5 Å². The zero-order valence-electron chi connectivity index (χ0n) is 15.9. The fraction of sp³-hybridized carbons (Fsp3) is 0.0909. The van der Waals surface area contributed by atoms with Crippen molar-refractivity contribution in [2.24, 2.45) is 0 Å². The maximum atomic E-state index is 11.4. The van der Waals surface area contributed by atoms with Gasteiger partial charge in [0.2, 0.25) is 0 Å². The molecule has 0 saturated carbocycles. The van der Waals surface area contributed by atoms with Crippen molar-refractivity contribution in [3.8, 4) is 16.9 Å². The van der Waals surface area contributed by atoms with Crippen LogP contribution in [-0.2, 0) is 6.54 Å². The number of nitrogens with one attached hydrogen (secondary N) is 1. The van der Waals surface area contributed by atoms with E-state index in [1.807, 2.05) is 83.5 Å². The molecule has 0 aliphatic rings. The Morgan fingerprint density at radius 3 is 2.41 bits per heavy atom. The van der Waals surface area contributed by atoms with Gasteiger partial charge in [-0.3, -0.25) is 15.0 Å². The van der Waals surface area contributed by atoms with Crippen LogP contribution in [0.1, 0.15) is 5.56 Å². The average Bonchev–Trinajstić information content (AvgIpc) is 3.18. The normalized spacial score (nSPS) is 10.7. The summed E-state index contributed by atoms with van der Waals surface area (Å²) in [7, 11) is 1.83. The van der Waals surface area contributed by atoms with Gasteiger partial charge in [0.15, 0.2) is 0 Å². The van der Waals surface area contributed by atoms with Crippen LogP contribution >= 0.6 is 0 Å². The molecular weight excluding hydrogens is 366 g/mol. The minimum Gasteiger partial charge on any atom is -0.258 e. The Bertz CT molecular complexity index is 1130. The standard InChI is InChI=1S/C22H19N5O2/c1-25(22-20(27(28)29)13-8-14-23-22)15-18-16-26(19-11-6-3-7-12-19)24-21(18)17-9-4-2-5-10-17/h2-14,16H,15H2,1H3/p+1. The number of anilines is 1. The molecule has 0 aliphatic heterocycles. The highest BCUT2D eigenvalue weighted by molar-refractivity contribution is 5.64. The molecule has 0 radical (unpaired) electrons. The molecule has 29 heavy (non-hydrogen) atoms. The van der Waals surface area contributed by atoms with E-state index >= 15 is 0 Å². The predicted molar refractivity (Wildman–Crippen MR) is 111 cm³/mol. The zero-order valence-corrected chi connectivity index (χ0v) is 15.9. The van der Waals surface area contributed by atoms with Crippen LogP contribution in [0.3, 0.4) is 0 Å². The number of aromatic nitrogens is 3. The fourth-order valence-electron chi connectivity index (χ4n) is 3.28. The van der Waals surface area contributed by atoms with Crippen LogP contribution in [0.15, 0.2) is 85.2 Å². The number of H-pyrrole nitrogens is 1. The second-order valence-corrected chi connectivity index (χ2v) is 6.67. The van der Waals surface area contributed by atoms with Crippen LogP contribution in [-0.4, -0.2) is 21.8 Å². The van der Waals surface area contributed by atoms with Crippen LogP contribution in [0, 0.1) is 10.1 Å². The third-order valence-electron chi connectivity index (χ3n) is 4.66. The summed E-state index contributed by atoms with van der Waals surface area (Å²) in [5.74, 6) is 0.448. The summed E-state index contributed by atoms with van der Waals surface area (Å²) in [5.41, 5.74) is 3.80. The topological polar surface area (TPSA) is 78.3 Å². The highest BCUT2D eigenvalue weighted by atomic mass is 16.6. The maximum Gasteiger partial charge on any atom is 0.357 e. The van der Waals surface area contributed by atoms with Gasteiger partial charge in [0, 0.05) is 23.4 Å². The Morgan fingerprint density at radius 1 is 1.03 bits per heavy atom. The van der Waals surface area contributed by atoms with Gasteiger partial charge in [-0.15, -0.1) is 0 Å². The molecule has 0 unspecified atom stereocenters. The first-order chi connectivity index (χ1) is 14.1. The molecule has 1 N–H and O–H groups in total. The third kappa shape index (κ3) is 3.84. The number of benzene rings is 2. The van der Waals surface area contributed by atoms with Crippen molar-refractivity contribution in [3.63, 3.8) is 0 Å². The Labute approximate surface area is 168 Å². The summed E-state index contributed by atoms with van der Waals surface area (Å²) in [4.78, 5) is 15.8. The number of pyridine rings is 1. The molecule has 0 amide bonds. The number of para-hydroxylation sites is 1. The van der Waals surface area contributed by atoms with Crippen molar-refractivity contribution in [1.82, 2.24) is 9.78 Å². The Morgan fingerprint density at radius 2 is 1.72 bits per heavy atom. The van der Waals surface area contributed by atoms with Gasteiger partial charge in [-0.05, 0) is 18.2 Å². The first-order valence-electron chi connectivity index (χ1n) is 9.19. The molecule has 0 atom stereocenters. The fourth-order valence-corrected chi connectivity index (χ4v) is 3.28. The predicted octanol–water partition coefficient (Wildman–Crippen LogP) is 3.90. The van der Waals surface area contributed by atoms with Crippen LogP contribution in [0.5, 0.6) is 0 Å². The van der Waals surface area contributed by atoms with E-state index in [2.05, 4.69) is 4.98 Å². The lowest BCUT2D eigenvalue weighted by Crippen LogP contribution is -2.25. The van der Waals surface area contributed by atoms with Crippen LogP contribution in [0.2, 0.25) is 0 Å². The number of nitrogens with zero attached hydrogens (tertiary/aromatic N) is 4. The number of hydrogen-bond acceptors (Lipinski definition) is 4. The third-order valence-corrected chi connectivity index (χ3v) is 4.66. The van der Waals surface area contributed by atoms with Gasteiger partial charge in [-0.25, -0.2) is 9.67 Å². The van der Waals surface area contributed by atoms with E-state index < -0.39 is 0 Å². The quantitative estimate of drug-likeness (QED) is 0.372. The first kappa shape index (κ1) is 18.4. The van der Waals surface area contributed by atoms with Crippen molar-refractivity contribution in [1.29, 1.82) is 0 Å². The van der Waals surface area contributed by atoms with E-state index in [1.165, 1.54) is 6.07 Å². The summed E-state index contributed by atoms with van der Waals surface area (Å²) < 4.78 is 1.84. The molecular formula is C22H20N5O2+. The van der Waals surface area contributed by atoms with Crippen molar-refractivity contribution >= 4 is 11.5 Å². The summed E-state index contributed by atoms with van der Waals surface area (Å²) in [6.45, 7) is 0.457. The van der Waals surface area contributed by atoms with Crippen LogP contribution < -0.4 is 9.88 Å². The molecule has 0 saturated heterocycles. The van der Waals surface area contributed by atoms with E-state index in [9.17, 15) is 10.1 Å². The lowest BCUT2D eigenvalue weighted by molar-refractivity contribution is -0.411. The largest absolute Gasteiger partial charge is 0.357 e. The van der Waals surface area contributed by atoms with E-state index in [1.54, 1.807) is 12.3 Å². The average molecular weight is 386 g/mol. The minimum absolute atomic E-state index is 0.0340. The highest BCUT2D eigenvalue weighted by Gasteiger charge is 2.26.